The molecule has 0 aliphatic carbocycles. The van der Waals surface area contributed by atoms with E-state index in [0.29, 0.717) is 28.6 Å². The molecule has 0 atom stereocenters. The van der Waals surface area contributed by atoms with Gasteiger partial charge in [0, 0.05) is 26.8 Å². The van der Waals surface area contributed by atoms with Crippen molar-refractivity contribution in [1.29, 1.82) is 0 Å². The number of aromatic amines is 1. The molecule has 8 heteroatoms. The zero-order valence-electron chi connectivity index (χ0n) is 17.1. The Labute approximate surface area is 192 Å². The number of para-hydroxylation sites is 2. The van der Waals surface area contributed by atoms with Gasteiger partial charge in [0.1, 0.15) is 5.69 Å². The van der Waals surface area contributed by atoms with Crippen LogP contribution in [-0.2, 0) is 4.79 Å². The highest BCUT2D eigenvalue weighted by molar-refractivity contribution is 9.10. The first-order valence-electron chi connectivity index (χ1n) is 9.77. The van der Waals surface area contributed by atoms with Crippen molar-refractivity contribution in [1.82, 2.24) is 4.98 Å². The highest BCUT2D eigenvalue weighted by Crippen LogP contribution is 2.26. The number of halogens is 1. The van der Waals surface area contributed by atoms with Crippen molar-refractivity contribution in [2.45, 2.75) is 0 Å². The van der Waals surface area contributed by atoms with Crippen molar-refractivity contribution in [3.63, 3.8) is 0 Å². The zero-order chi connectivity index (χ0) is 22.5. The van der Waals surface area contributed by atoms with Crippen LogP contribution in [-0.4, -0.2) is 30.5 Å². The number of rotatable bonds is 7. The van der Waals surface area contributed by atoms with Crippen LogP contribution in [0.15, 0.2) is 77.3 Å². The summed E-state index contributed by atoms with van der Waals surface area (Å²) in [4.78, 5) is 28.0. The molecule has 1 aromatic heterocycles. The van der Waals surface area contributed by atoms with E-state index in [-0.39, 0.29) is 18.4 Å². The van der Waals surface area contributed by atoms with Crippen molar-refractivity contribution in [3.05, 3.63) is 83.0 Å². The Hall–Kier alpha value is -3.78. The minimum atomic E-state index is -0.333. The van der Waals surface area contributed by atoms with Crippen LogP contribution in [0.1, 0.15) is 10.5 Å². The Morgan fingerprint density at radius 3 is 2.44 bits per heavy atom. The Balaban J connectivity index is 1.38. The molecule has 7 nitrogen and oxygen atoms in total. The molecule has 4 aromatic rings. The molecular formula is C24H20BrN3O4. The minimum absolute atomic E-state index is 0.179. The molecule has 0 unspecified atom stereocenters. The first kappa shape index (κ1) is 21.5. The summed E-state index contributed by atoms with van der Waals surface area (Å²) in [5.74, 6) is 0.423. The minimum Gasteiger partial charge on any atom is -0.493 e. The molecule has 0 fully saturated rings. The van der Waals surface area contributed by atoms with Crippen LogP contribution < -0.4 is 20.1 Å². The maximum absolute atomic E-state index is 12.6. The van der Waals surface area contributed by atoms with E-state index in [0.717, 1.165) is 15.4 Å². The number of carbonyl (C=O) groups is 2. The van der Waals surface area contributed by atoms with Crippen molar-refractivity contribution in [2.24, 2.45) is 0 Å². The van der Waals surface area contributed by atoms with Crippen molar-refractivity contribution >= 4 is 50.0 Å². The molecule has 0 radical (unpaired) electrons. The second-order valence-corrected chi connectivity index (χ2v) is 7.85. The SMILES string of the molecule is COc1ccccc1OCC(=O)Nc1cccc(NC(=O)c2cc3ccc(Br)cc3[nH]2)c1. The first-order valence-corrected chi connectivity index (χ1v) is 10.6. The largest absolute Gasteiger partial charge is 0.493 e. The van der Waals surface area contributed by atoms with Gasteiger partial charge in [-0.15, -0.1) is 0 Å². The number of hydrogen-bond donors (Lipinski definition) is 3. The molecule has 0 aliphatic rings. The molecule has 162 valence electrons. The molecule has 4 rings (SSSR count). The number of amides is 2. The van der Waals surface area contributed by atoms with Crippen molar-refractivity contribution in [3.8, 4) is 11.5 Å². The van der Waals surface area contributed by atoms with Crippen LogP contribution in [0.5, 0.6) is 11.5 Å². The summed E-state index contributed by atoms with van der Waals surface area (Å²) in [7, 11) is 1.54. The Morgan fingerprint density at radius 1 is 0.906 bits per heavy atom. The van der Waals surface area contributed by atoms with E-state index >= 15 is 0 Å². The van der Waals surface area contributed by atoms with E-state index in [1.807, 2.05) is 24.3 Å². The van der Waals surface area contributed by atoms with Gasteiger partial charge in [0.15, 0.2) is 18.1 Å². The van der Waals surface area contributed by atoms with E-state index < -0.39 is 0 Å². The second kappa shape index (κ2) is 9.57. The van der Waals surface area contributed by atoms with Gasteiger partial charge in [-0.3, -0.25) is 9.59 Å². The molecule has 1 heterocycles. The summed E-state index contributed by atoms with van der Waals surface area (Å²) in [6, 6.07) is 21.6. The number of ether oxygens (including phenoxy) is 2. The lowest BCUT2D eigenvalue weighted by Gasteiger charge is -2.11. The third-order valence-corrected chi connectivity index (χ3v) is 5.15. The maximum atomic E-state index is 12.6. The summed E-state index contributed by atoms with van der Waals surface area (Å²) in [5, 5.41) is 6.54. The monoisotopic (exact) mass is 493 g/mol. The summed E-state index contributed by atoms with van der Waals surface area (Å²) in [6.45, 7) is -0.179. The van der Waals surface area contributed by atoms with E-state index in [4.69, 9.17) is 9.47 Å². The fourth-order valence-corrected chi connectivity index (χ4v) is 3.53. The number of benzene rings is 3. The van der Waals surface area contributed by atoms with Gasteiger partial charge in [-0.05, 0) is 48.5 Å². The van der Waals surface area contributed by atoms with Crippen LogP contribution in [0, 0.1) is 0 Å². The van der Waals surface area contributed by atoms with Crippen molar-refractivity contribution < 1.29 is 19.1 Å². The smallest absolute Gasteiger partial charge is 0.272 e. The topological polar surface area (TPSA) is 92.4 Å². The van der Waals surface area contributed by atoms with E-state index in [9.17, 15) is 9.59 Å². The van der Waals surface area contributed by atoms with Crippen LogP contribution in [0.2, 0.25) is 0 Å². The number of nitrogens with one attached hydrogen (secondary N) is 3. The van der Waals surface area contributed by atoms with Crippen molar-refractivity contribution in [2.75, 3.05) is 24.4 Å². The molecule has 0 spiro atoms. The molecule has 32 heavy (non-hydrogen) atoms. The lowest BCUT2D eigenvalue weighted by molar-refractivity contribution is -0.118. The summed E-state index contributed by atoms with van der Waals surface area (Å²) >= 11 is 3.42. The van der Waals surface area contributed by atoms with Gasteiger partial charge >= 0.3 is 0 Å². The lowest BCUT2D eigenvalue weighted by atomic mass is 10.2. The third-order valence-electron chi connectivity index (χ3n) is 4.66. The van der Waals surface area contributed by atoms with E-state index in [1.54, 1.807) is 48.5 Å². The average Bonchev–Trinajstić information content (AvgIpc) is 3.21. The number of carbonyl (C=O) groups excluding carboxylic acids is 2. The van der Waals surface area contributed by atoms with Crippen LogP contribution in [0.25, 0.3) is 10.9 Å². The Morgan fingerprint density at radius 2 is 1.66 bits per heavy atom. The number of methoxy groups -OCH3 is 1. The molecule has 0 bridgehead atoms. The fourth-order valence-electron chi connectivity index (χ4n) is 3.17. The quantitative estimate of drug-likeness (QED) is 0.329. The zero-order valence-corrected chi connectivity index (χ0v) is 18.7. The Kier molecular flexibility index (Phi) is 6.42. The van der Waals surface area contributed by atoms with Crippen LogP contribution >= 0.6 is 15.9 Å². The van der Waals surface area contributed by atoms with Gasteiger partial charge in [0.05, 0.1) is 7.11 Å². The van der Waals surface area contributed by atoms with Gasteiger partial charge in [-0.1, -0.05) is 40.2 Å². The highest BCUT2D eigenvalue weighted by Gasteiger charge is 2.12. The number of anilines is 2. The van der Waals surface area contributed by atoms with E-state index in [1.165, 1.54) is 7.11 Å². The molecular weight excluding hydrogens is 474 g/mol. The average molecular weight is 494 g/mol. The van der Waals surface area contributed by atoms with Crippen LogP contribution in [0.3, 0.4) is 0 Å². The predicted octanol–water partition coefficient (Wildman–Crippen LogP) is 5.21. The maximum Gasteiger partial charge on any atom is 0.272 e. The highest BCUT2D eigenvalue weighted by atomic mass is 79.9. The standard InChI is InChI=1S/C24H20BrN3O4/c1-31-21-7-2-3-8-22(21)32-14-23(29)26-17-5-4-6-18(13-17)27-24(30)20-11-15-9-10-16(25)12-19(15)28-20/h2-13,28H,14H2,1H3,(H,26,29)(H,27,30). The molecule has 2 amide bonds. The molecule has 0 saturated heterocycles. The Bertz CT molecular complexity index is 1290. The van der Waals surface area contributed by atoms with Gasteiger partial charge in [-0.25, -0.2) is 0 Å². The fraction of sp³-hybridized carbons (Fsp3) is 0.0833. The number of fused-ring (bicyclic) bond motifs is 1. The number of aromatic nitrogens is 1. The molecule has 3 aromatic carbocycles. The summed E-state index contributed by atoms with van der Waals surface area (Å²) in [5.41, 5.74) is 2.40. The normalized spacial score (nSPS) is 10.6. The van der Waals surface area contributed by atoms with Crippen LogP contribution in [0.4, 0.5) is 11.4 Å². The van der Waals surface area contributed by atoms with Gasteiger partial charge in [0.25, 0.3) is 11.8 Å². The van der Waals surface area contributed by atoms with E-state index in [2.05, 4.69) is 31.5 Å². The molecule has 3 N–H and O–H groups in total. The molecule has 0 saturated carbocycles. The van der Waals surface area contributed by atoms with Gasteiger partial charge in [-0.2, -0.15) is 0 Å². The molecule has 0 aliphatic heterocycles. The summed E-state index contributed by atoms with van der Waals surface area (Å²) in [6.07, 6.45) is 0. The predicted molar refractivity (Wildman–Crippen MR) is 128 cm³/mol. The third kappa shape index (κ3) is 5.09. The number of H-pyrrole nitrogens is 1. The van der Waals surface area contributed by atoms with Gasteiger partial charge in [0.2, 0.25) is 0 Å². The lowest BCUT2D eigenvalue weighted by Crippen LogP contribution is -2.20. The second-order valence-electron chi connectivity index (χ2n) is 6.94. The summed E-state index contributed by atoms with van der Waals surface area (Å²) < 4.78 is 11.7. The number of hydrogen-bond acceptors (Lipinski definition) is 4. The first-order chi connectivity index (χ1) is 15.5. The van der Waals surface area contributed by atoms with Gasteiger partial charge < -0.3 is 25.1 Å².